The van der Waals surface area contributed by atoms with E-state index in [4.69, 9.17) is 31.2 Å². The van der Waals surface area contributed by atoms with Crippen LogP contribution in [-0.4, -0.2) is 64.6 Å². The fourth-order valence-electron chi connectivity index (χ4n) is 8.25. The van der Waals surface area contributed by atoms with E-state index in [1.807, 2.05) is 24.4 Å². The molecule has 1 aliphatic rings. The van der Waals surface area contributed by atoms with E-state index in [0.29, 0.717) is 18.2 Å². The summed E-state index contributed by atoms with van der Waals surface area (Å²) in [5.41, 5.74) is 6.99. The maximum Gasteiger partial charge on any atom is 0.162 e. The molecule has 1 unspecified atom stereocenters. The number of ether oxygens (including phenoxy) is 2. The average molecular weight is 737 g/mol. The number of anilines is 1. The summed E-state index contributed by atoms with van der Waals surface area (Å²) >= 11 is 6.50. The maximum atomic E-state index is 6.50. The molecular weight excluding hydrogens is 692 g/mol. The molecule has 1 aliphatic heterocycles. The summed E-state index contributed by atoms with van der Waals surface area (Å²) in [5.74, 6) is 2.24. The molecule has 5 aromatic carbocycles. The zero-order valence-electron chi connectivity index (χ0n) is 31.2. The Bertz CT molecular complexity index is 2250. The third-order valence-electron chi connectivity index (χ3n) is 11.1. The molecule has 3 heterocycles. The van der Waals surface area contributed by atoms with E-state index >= 15 is 0 Å². The number of aromatic nitrogens is 4. The predicted molar refractivity (Wildman–Crippen MR) is 217 cm³/mol. The molecule has 9 heteroatoms. The van der Waals surface area contributed by atoms with E-state index in [0.717, 1.165) is 75.9 Å². The van der Waals surface area contributed by atoms with Crippen molar-refractivity contribution < 1.29 is 9.47 Å². The molecule has 7 aromatic rings. The van der Waals surface area contributed by atoms with Crippen LogP contribution in [0.3, 0.4) is 0 Å². The molecule has 274 valence electrons. The highest BCUT2D eigenvalue weighted by molar-refractivity contribution is 6.31. The second kappa shape index (κ2) is 15.0. The van der Waals surface area contributed by atoms with Crippen molar-refractivity contribution in [2.24, 2.45) is 0 Å². The summed E-state index contributed by atoms with van der Waals surface area (Å²) in [5, 5.41) is 7.26. The van der Waals surface area contributed by atoms with E-state index in [1.54, 1.807) is 14.2 Å². The van der Waals surface area contributed by atoms with Crippen molar-refractivity contribution in [3.05, 3.63) is 173 Å². The van der Waals surface area contributed by atoms with Crippen LogP contribution >= 0.6 is 11.6 Å². The van der Waals surface area contributed by atoms with Gasteiger partial charge in [0.2, 0.25) is 0 Å². The van der Waals surface area contributed by atoms with E-state index in [1.165, 1.54) is 5.69 Å². The fourth-order valence-corrected chi connectivity index (χ4v) is 8.42. The molecule has 0 amide bonds. The molecule has 0 saturated carbocycles. The number of fused-ring (bicyclic) bond motifs is 1. The number of benzene rings is 5. The number of halogens is 1. The molecule has 8 nitrogen and oxygen atoms in total. The van der Waals surface area contributed by atoms with Crippen LogP contribution in [0.25, 0.3) is 10.9 Å². The first-order valence-corrected chi connectivity index (χ1v) is 18.9. The van der Waals surface area contributed by atoms with Gasteiger partial charge < -0.3 is 18.9 Å². The van der Waals surface area contributed by atoms with Gasteiger partial charge in [0.15, 0.2) is 11.5 Å². The van der Waals surface area contributed by atoms with Gasteiger partial charge in [-0.3, -0.25) is 4.90 Å². The molecule has 8 rings (SSSR count). The quantitative estimate of drug-likeness (QED) is 0.124. The topological polar surface area (TPSA) is 60.6 Å². The van der Waals surface area contributed by atoms with Gasteiger partial charge in [-0.2, -0.15) is 5.10 Å². The fraction of sp³-hybridized carbons (Fsp3) is 0.244. The van der Waals surface area contributed by atoms with Crippen molar-refractivity contribution in [1.29, 1.82) is 0 Å². The SMILES string of the molecule is COc1cc2c(C(C)N3CCN(c4cccc(Cl)c4C)CC3)nn(Cn3ccnc3C(c3ccccc3)(c3ccccc3)c3ccccc3)c2cc1OC. The Labute approximate surface area is 322 Å². The van der Waals surface area contributed by atoms with E-state index < -0.39 is 5.41 Å². The van der Waals surface area contributed by atoms with Crippen LogP contribution in [-0.2, 0) is 12.1 Å². The highest BCUT2D eigenvalue weighted by atomic mass is 35.5. The lowest BCUT2D eigenvalue weighted by Gasteiger charge is -2.39. The Morgan fingerprint density at radius 2 is 1.31 bits per heavy atom. The largest absolute Gasteiger partial charge is 0.493 e. The zero-order valence-corrected chi connectivity index (χ0v) is 31.9. The Balaban J connectivity index is 1.22. The van der Waals surface area contributed by atoms with Crippen molar-refractivity contribution in [1.82, 2.24) is 24.2 Å². The second-order valence-corrected chi connectivity index (χ2v) is 14.3. The summed E-state index contributed by atoms with van der Waals surface area (Å²) in [7, 11) is 3.36. The standard InChI is InChI=1S/C45H45ClN6O2/c1-32-38(46)21-14-22-39(32)50-27-25-49(26-28-50)33(2)43-37-29-41(53-3)42(54-4)30-40(37)52(48-43)31-51-24-23-47-44(51)45(34-15-8-5-9-16-34,35-17-10-6-11-18-35)36-19-12-7-13-20-36/h5-24,29-30,33H,25-28,31H2,1-4H3. The number of rotatable bonds is 11. The lowest BCUT2D eigenvalue weighted by Crippen LogP contribution is -2.47. The van der Waals surface area contributed by atoms with E-state index in [2.05, 4.69) is 142 Å². The molecule has 0 N–H and O–H groups in total. The van der Waals surface area contributed by atoms with Crippen molar-refractivity contribution in [3.8, 4) is 11.5 Å². The number of hydrogen-bond donors (Lipinski definition) is 0. The van der Waals surface area contributed by atoms with Gasteiger partial charge in [0.1, 0.15) is 17.9 Å². The Morgan fingerprint density at radius 3 is 1.89 bits per heavy atom. The van der Waals surface area contributed by atoms with Crippen LogP contribution in [0.15, 0.2) is 134 Å². The van der Waals surface area contributed by atoms with Gasteiger partial charge in [-0.1, -0.05) is 109 Å². The summed E-state index contributed by atoms with van der Waals surface area (Å²) in [4.78, 5) is 10.1. The van der Waals surface area contributed by atoms with Gasteiger partial charge in [0.05, 0.1) is 31.5 Å². The molecule has 0 bridgehead atoms. The van der Waals surface area contributed by atoms with Gasteiger partial charge in [-0.05, 0) is 54.3 Å². The van der Waals surface area contributed by atoms with Gasteiger partial charge in [-0.25, -0.2) is 9.67 Å². The van der Waals surface area contributed by atoms with Crippen molar-refractivity contribution in [3.63, 3.8) is 0 Å². The molecule has 2 aromatic heterocycles. The van der Waals surface area contributed by atoms with E-state index in [-0.39, 0.29) is 6.04 Å². The Kier molecular flexibility index (Phi) is 9.88. The lowest BCUT2D eigenvalue weighted by atomic mass is 9.68. The van der Waals surface area contributed by atoms with E-state index in [9.17, 15) is 0 Å². The number of imidazole rings is 1. The molecule has 54 heavy (non-hydrogen) atoms. The molecule has 1 saturated heterocycles. The van der Waals surface area contributed by atoms with Gasteiger partial charge in [0.25, 0.3) is 0 Å². The first-order chi connectivity index (χ1) is 26.4. The van der Waals surface area contributed by atoms with Crippen LogP contribution in [0.2, 0.25) is 5.02 Å². The van der Waals surface area contributed by atoms with Crippen molar-refractivity contribution in [2.75, 3.05) is 45.3 Å². The lowest BCUT2D eigenvalue weighted by molar-refractivity contribution is 0.195. The highest BCUT2D eigenvalue weighted by Crippen LogP contribution is 2.45. The minimum atomic E-state index is -0.700. The van der Waals surface area contributed by atoms with Gasteiger partial charge in [-0.15, -0.1) is 0 Å². The average Bonchev–Trinajstić information content (AvgIpc) is 3.84. The molecule has 1 fully saturated rings. The van der Waals surface area contributed by atoms with Crippen LogP contribution in [0.1, 0.15) is 46.7 Å². The number of methoxy groups -OCH3 is 2. The third kappa shape index (κ3) is 6.19. The maximum absolute atomic E-state index is 6.50. The van der Waals surface area contributed by atoms with Gasteiger partial charge >= 0.3 is 0 Å². The summed E-state index contributed by atoms with van der Waals surface area (Å²) < 4.78 is 16.0. The normalized spacial score (nSPS) is 14.4. The van der Waals surface area contributed by atoms with Crippen molar-refractivity contribution in [2.45, 2.75) is 32.0 Å². The monoisotopic (exact) mass is 736 g/mol. The summed E-state index contributed by atoms with van der Waals surface area (Å²) in [6.07, 6.45) is 3.96. The molecule has 1 atom stereocenters. The van der Waals surface area contributed by atoms with Gasteiger partial charge in [0, 0.05) is 60.7 Å². The highest BCUT2D eigenvalue weighted by Gasteiger charge is 2.42. The summed E-state index contributed by atoms with van der Waals surface area (Å²) in [6, 6.07) is 42.4. The summed E-state index contributed by atoms with van der Waals surface area (Å²) in [6.45, 7) is 8.40. The molecule has 0 spiro atoms. The molecule has 0 radical (unpaired) electrons. The smallest absolute Gasteiger partial charge is 0.162 e. The second-order valence-electron chi connectivity index (χ2n) is 13.9. The Hall–Kier alpha value is -5.57. The molecular formula is C45H45ClN6O2. The van der Waals surface area contributed by atoms with Crippen LogP contribution in [0, 0.1) is 6.92 Å². The van der Waals surface area contributed by atoms with Crippen LogP contribution in [0.4, 0.5) is 5.69 Å². The van der Waals surface area contributed by atoms with Crippen LogP contribution in [0.5, 0.6) is 11.5 Å². The number of hydrogen-bond acceptors (Lipinski definition) is 6. The first kappa shape index (κ1) is 35.5. The first-order valence-electron chi connectivity index (χ1n) is 18.5. The molecule has 0 aliphatic carbocycles. The Morgan fingerprint density at radius 1 is 0.741 bits per heavy atom. The van der Waals surface area contributed by atoms with Crippen LogP contribution < -0.4 is 14.4 Å². The number of nitrogens with zero attached hydrogens (tertiary/aromatic N) is 6. The minimum Gasteiger partial charge on any atom is -0.493 e. The minimum absolute atomic E-state index is 0.0498. The number of piperazine rings is 1. The predicted octanol–water partition coefficient (Wildman–Crippen LogP) is 8.98. The van der Waals surface area contributed by atoms with Crippen molar-refractivity contribution >= 4 is 28.2 Å². The third-order valence-corrected chi connectivity index (χ3v) is 11.5. The zero-order chi connectivity index (χ0) is 37.2.